The molecule has 2 aromatic heterocycles. The van der Waals surface area contributed by atoms with Crippen LogP contribution < -0.4 is 15.5 Å². The van der Waals surface area contributed by atoms with Gasteiger partial charge in [0, 0.05) is 38.3 Å². The van der Waals surface area contributed by atoms with E-state index in [0.717, 1.165) is 41.1 Å². The van der Waals surface area contributed by atoms with Gasteiger partial charge in [-0.1, -0.05) is 23.7 Å². The molecule has 0 spiro atoms. The quantitative estimate of drug-likeness (QED) is 0.630. The summed E-state index contributed by atoms with van der Waals surface area (Å²) in [6.07, 6.45) is 0.681. The highest BCUT2D eigenvalue weighted by molar-refractivity contribution is 6.30. The van der Waals surface area contributed by atoms with Crippen molar-refractivity contribution in [3.05, 3.63) is 46.7 Å². The van der Waals surface area contributed by atoms with Crippen LogP contribution >= 0.6 is 11.6 Å². The zero-order valence-electron chi connectivity index (χ0n) is 15.9. The van der Waals surface area contributed by atoms with Crippen molar-refractivity contribution in [2.24, 2.45) is 0 Å². The highest BCUT2D eigenvalue weighted by Crippen LogP contribution is 2.22. The van der Waals surface area contributed by atoms with E-state index in [9.17, 15) is 4.79 Å². The second-order valence-corrected chi connectivity index (χ2v) is 6.24. The van der Waals surface area contributed by atoms with Crippen molar-refractivity contribution >= 4 is 35.2 Å². The number of anilines is 2. The van der Waals surface area contributed by atoms with Gasteiger partial charge in [0.25, 0.3) is 0 Å². The molecule has 0 aliphatic heterocycles. The van der Waals surface area contributed by atoms with Crippen LogP contribution in [-0.4, -0.2) is 46.9 Å². The normalized spacial score (nSPS) is 10.1. The molecule has 1 amide bonds. The minimum absolute atomic E-state index is 0.681. The zero-order chi connectivity index (χ0) is 19.8. The summed E-state index contributed by atoms with van der Waals surface area (Å²) in [6, 6.07) is 9.79. The van der Waals surface area contributed by atoms with Gasteiger partial charge >= 0.3 is 0 Å². The third kappa shape index (κ3) is 5.30. The smallest absolute Gasteiger partial charge is 0.207 e. The third-order valence-corrected chi connectivity index (χ3v) is 4.05. The Balaban J connectivity index is 0.000000465. The summed E-state index contributed by atoms with van der Waals surface area (Å²) in [5, 5.41) is 19.1. The first-order valence-corrected chi connectivity index (χ1v) is 8.91. The predicted molar refractivity (Wildman–Crippen MR) is 108 cm³/mol. The van der Waals surface area contributed by atoms with Crippen LogP contribution in [0, 0.1) is 6.92 Å². The van der Waals surface area contributed by atoms with E-state index < -0.39 is 0 Å². The summed E-state index contributed by atoms with van der Waals surface area (Å²) in [5.74, 6) is 1.60. The van der Waals surface area contributed by atoms with Crippen LogP contribution in [0.1, 0.15) is 18.3 Å². The number of aryl methyl sites for hydroxylation is 1. The molecule has 0 saturated heterocycles. The van der Waals surface area contributed by atoms with Crippen LogP contribution in [0.2, 0.25) is 5.02 Å². The molecule has 0 bridgehead atoms. The average molecular weight is 390 g/mol. The van der Waals surface area contributed by atoms with Crippen molar-refractivity contribution in [3.8, 4) is 0 Å². The highest BCUT2D eigenvalue weighted by Gasteiger charge is 2.12. The van der Waals surface area contributed by atoms with E-state index in [2.05, 4.69) is 30.8 Å². The Morgan fingerprint density at radius 2 is 1.96 bits per heavy atom. The maximum absolute atomic E-state index is 9.29. The Hall–Kier alpha value is -2.87. The van der Waals surface area contributed by atoms with Gasteiger partial charge < -0.3 is 15.5 Å². The Morgan fingerprint density at radius 1 is 1.26 bits per heavy atom. The van der Waals surface area contributed by atoms with Gasteiger partial charge in [0.2, 0.25) is 12.1 Å². The monoisotopic (exact) mass is 389 g/mol. The van der Waals surface area contributed by atoms with Gasteiger partial charge in [0.15, 0.2) is 11.6 Å². The lowest BCUT2D eigenvalue weighted by Gasteiger charge is -2.19. The predicted octanol–water partition coefficient (Wildman–Crippen LogP) is 2.52. The van der Waals surface area contributed by atoms with E-state index in [0.29, 0.717) is 6.41 Å². The molecule has 2 N–H and O–H groups in total. The molecule has 144 valence electrons. The molecule has 0 aliphatic carbocycles. The van der Waals surface area contributed by atoms with Gasteiger partial charge in [-0.3, -0.25) is 4.79 Å². The largest absolute Gasteiger partial charge is 0.385 e. The number of halogens is 1. The summed E-state index contributed by atoms with van der Waals surface area (Å²) in [6.45, 7) is 5.22. The molecule has 0 saturated carbocycles. The number of amides is 1. The van der Waals surface area contributed by atoms with E-state index in [1.165, 1.54) is 5.56 Å². The van der Waals surface area contributed by atoms with Crippen LogP contribution in [-0.2, 0) is 11.3 Å². The molecule has 0 aliphatic rings. The first-order valence-electron chi connectivity index (χ1n) is 8.53. The number of aromatic nitrogens is 4. The Morgan fingerprint density at radius 3 is 2.52 bits per heavy atom. The number of hydrogen-bond donors (Lipinski definition) is 2. The number of fused-ring (bicyclic) bond motifs is 1. The summed E-state index contributed by atoms with van der Waals surface area (Å²) in [5.41, 5.74) is 2.79. The summed E-state index contributed by atoms with van der Waals surface area (Å²) < 4.78 is 1.75. The molecule has 0 radical (unpaired) electrons. The lowest BCUT2D eigenvalue weighted by Crippen LogP contribution is -2.19. The van der Waals surface area contributed by atoms with E-state index in [1.54, 1.807) is 4.52 Å². The standard InChI is InChI=1S/C15H17ClN6.C3H7NO/c1-10-18-19-15-13(17-2)8-14(20-22(10)15)21(3)9-11-4-6-12(16)7-5-11;1-2-4-3-5/h4-8,17H,9H2,1-3H3;3H,2H2,1H3,(H,4,5). The third-order valence-electron chi connectivity index (χ3n) is 3.79. The molecule has 9 heteroatoms. The Labute approximate surface area is 163 Å². The maximum Gasteiger partial charge on any atom is 0.207 e. The molecular weight excluding hydrogens is 366 g/mol. The van der Waals surface area contributed by atoms with Crippen molar-refractivity contribution in [3.63, 3.8) is 0 Å². The molecule has 0 atom stereocenters. The second-order valence-electron chi connectivity index (χ2n) is 5.81. The number of rotatable bonds is 6. The van der Waals surface area contributed by atoms with Crippen LogP contribution in [0.5, 0.6) is 0 Å². The highest BCUT2D eigenvalue weighted by atomic mass is 35.5. The molecular formula is C18H24ClN7O. The zero-order valence-corrected chi connectivity index (χ0v) is 16.7. The molecule has 2 heterocycles. The summed E-state index contributed by atoms with van der Waals surface area (Å²) in [4.78, 5) is 11.4. The fourth-order valence-corrected chi connectivity index (χ4v) is 2.49. The van der Waals surface area contributed by atoms with Crippen molar-refractivity contribution in [1.82, 2.24) is 25.1 Å². The summed E-state index contributed by atoms with van der Waals surface area (Å²) >= 11 is 5.92. The minimum atomic E-state index is 0.681. The average Bonchev–Trinajstić information content (AvgIpc) is 3.05. The molecule has 8 nitrogen and oxygen atoms in total. The van der Waals surface area contributed by atoms with E-state index >= 15 is 0 Å². The first kappa shape index (κ1) is 20.4. The topological polar surface area (TPSA) is 87.5 Å². The van der Waals surface area contributed by atoms with Crippen molar-refractivity contribution in [2.75, 3.05) is 30.9 Å². The number of benzene rings is 1. The summed E-state index contributed by atoms with van der Waals surface area (Å²) in [7, 11) is 3.87. The lowest BCUT2D eigenvalue weighted by atomic mass is 10.2. The van der Waals surface area contributed by atoms with Crippen LogP contribution in [0.25, 0.3) is 5.65 Å². The lowest BCUT2D eigenvalue weighted by molar-refractivity contribution is -0.109. The fraction of sp³-hybridized carbons (Fsp3) is 0.333. The first-order chi connectivity index (χ1) is 13.0. The fourth-order valence-electron chi connectivity index (χ4n) is 2.37. The van der Waals surface area contributed by atoms with Gasteiger partial charge in [-0.05, 0) is 31.5 Å². The van der Waals surface area contributed by atoms with Gasteiger partial charge in [0.1, 0.15) is 0 Å². The number of carbonyl (C=O) groups is 1. The molecule has 0 fully saturated rings. The minimum Gasteiger partial charge on any atom is -0.385 e. The van der Waals surface area contributed by atoms with E-state index in [-0.39, 0.29) is 0 Å². The number of nitrogens with one attached hydrogen (secondary N) is 2. The number of hydrogen-bond acceptors (Lipinski definition) is 6. The van der Waals surface area contributed by atoms with Crippen molar-refractivity contribution < 1.29 is 4.79 Å². The van der Waals surface area contributed by atoms with Crippen LogP contribution in [0.3, 0.4) is 0 Å². The van der Waals surface area contributed by atoms with Gasteiger partial charge in [-0.15, -0.1) is 15.3 Å². The second kappa shape index (κ2) is 9.72. The molecule has 1 aromatic carbocycles. The number of nitrogens with zero attached hydrogens (tertiary/aromatic N) is 5. The van der Waals surface area contributed by atoms with E-state index in [1.807, 2.05) is 58.3 Å². The van der Waals surface area contributed by atoms with Crippen molar-refractivity contribution in [2.45, 2.75) is 20.4 Å². The molecule has 3 rings (SSSR count). The van der Waals surface area contributed by atoms with Crippen LogP contribution in [0.15, 0.2) is 30.3 Å². The SMILES string of the molecule is CCNC=O.CNc1cc(N(C)Cc2ccc(Cl)cc2)nn2c(C)nnc12. The van der Waals surface area contributed by atoms with E-state index in [4.69, 9.17) is 11.6 Å². The van der Waals surface area contributed by atoms with Crippen molar-refractivity contribution in [1.29, 1.82) is 0 Å². The maximum atomic E-state index is 9.29. The van der Waals surface area contributed by atoms with Gasteiger partial charge in [0.05, 0.1) is 5.69 Å². The number of carbonyl (C=O) groups excluding carboxylic acids is 1. The molecule has 27 heavy (non-hydrogen) atoms. The molecule has 3 aromatic rings. The van der Waals surface area contributed by atoms with Gasteiger partial charge in [-0.2, -0.15) is 4.52 Å². The van der Waals surface area contributed by atoms with Crippen LogP contribution in [0.4, 0.5) is 11.5 Å². The Bertz CT molecular complexity index is 879. The van der Waals surface area contributed by atoms with Gasteiger partial charge in [-0.25, -0.2) is 0 Å². The molecule has 0 unspecified atom stereocenters. The Kier molecular flexibility index (Phi) is 7.36.